The normalized spacial score (nSPS) is 14.9. The van der Waals surface area contributed by atoms with Gasteiger partial charge in [0.2, 0.25) is 0 Å². The van der Waals surface area contributed by atoms with Gasteiger partial charge in [-0.25, -0.2) is 4.98 Å². The average Bonchev–Trinajstić information content (AvgIpc) is 3.24. The van der Waals surface area contributed by atoms with E-state index in [0.717, 1.165) is 10.2 Å². The molecule has 0 radical (unpaired) electrons. The summed E-state index contributed by atoms with van der Waals surface area (Å²) in [5.74, 6) is -1.46. The number of aliphatic carboxylic acids is 1. The first-order valence-electron chi connectivity index (χ1n) is 10.9. The highest BCUT2D eigenvalue weighted by Crippen LogP contribution is 2.35. The SMILES string of the molecule is CC(C)C(Sc1nc2ccc(NC(=O)c3ccccc3C(=O)N3CCOCC3)cc2s1)C(=O)O. The molecule has 2 heterocycles. The fourth-order valence-electron chi connectivity index (χ4n) is 3.61. The summed E-state index contributed by atoms with van der Waals surface area (Å²) in [6.07, 6.45) is 0. The van der Waals surface area contributed by atoms with Crippen LogP contribution in [0.5, 0.6) is 0 Å². The number of thioether (sulfide) groups is 1. The van der Waals surface area contributed by atoms with Gasteiger partial charge in [0.15, 0.2) is 4.34 Å². The molecule has 2 amide bonds. The second-order valence-corrected chi connectivity index (χ2v) is 10.6. The third-order valence-corrected chi connectivity index (χ3v) is 8.05. The lowest BCUT2D eigenvalue weighted by molar-refractivity contribution is -0.137. The van der Waals surface area contributed by atoms with Gasteiger partial charge < -0.3 is 20.1 Å². The minimum absolute atomic E-state index is 0.0374. The Morgan fingerprint density at radius 2 is 1.82 bits per heavy atom. The number of carboxylic acids is 1. The maximum atomic E-state index is 13.1. The number of hydrogen-bond acceptors (Lipinski definition) is 7. The molecule has 1 aliphatic heterocycles. The average molecular weight is 500 g/mol. The molecule has 10 heteroatoms. The number of fused-ring (bicyclic) bond motifs is 1. The summed E-state index contributed by atoms with van der Waals surface area (Å²) in [5, 5.41) is 11.7. The van der Waals surface area contributed by atoms with E-state index in [-0.39, 0.29) is 17.7 Å². The Hall–Kier alpha value is -2.95. The van der Waals surface area contributed by atoms with Crippen molar-refractivity contribution in [3.05, 3.63) is 53.6 Å². The number of rotatable bonds is 7. The van der Waals surface area contributed by atoms with Crippen molar-refractivity contribution in [2.75, 3.05) is 31.6 Å². The van der Waals surface area contributed by atoms with Crippen LogP contribution in [0.25, 0.3) is 10.2 Å². The van der Waals surface area contributed by atoms with Crippen LogP contribution in [0.15, 0.2) is 46.8 Å². The van der Waals surface area contributed by atoms with Gasteiger partial charge in [0.05, 0.1) is 34.6 Å². The molecule has 2 N–H and O–H groups in total. The second-order valence-electron chi connectivity index (χ2n) is 8.19. The van der Waals surface area contributed by atoms with Crippen LogP contribution in [0.3, 0.4) is 0 Å². The number of carbonyl (C=O) groups excluding carboxylic acids is 2. The zero-order valence-electron chi connectivity index (χ0n) is 18.8. The summed E-state index contributed by atoms with van der Waals surface area (Å²) in [6, 6.07) is 12.1. The first kappa shape index (κ1) is 24.2. The summed E-state index contributed by atoms with van der Waals surface area (Å²) in [5.41, 5.74) is 1.97. The van der Waals surface area contributed by atoms with E-state index in [1.807, 2.05) is 19.9 Å². The van der Waals surface area contributed by atoms with Crippen molar-refractivity contribution in [2.45, 2.75) is 23.4 Å². The van der Waals surface area contributed by atoms with Crippen LogP contribution >= 0.6 is 23.1 Å². The van der Waals surface area contributed by atoms with Crippen molar-refractivity contribution < 1.29 is 24.2 Å². The second kappa shape index (κ2) is 10.5. The molecule has 34 heavy (non-hydrogen) atoms. The number of carboxylic acid groups (broad SMARTS) is 1. The number of aromatic nitrogens is 1. The zero-order chi connectivity index (χ0) is 24.2. The minimum Gasteiger partial charge on any atom is -0.480 e. The van der Waals surface area contributed by atoms with E-state index in [1.165, 1.54) is 23.1 Å². The van der Waals surface area contributed by atoms with Crippen molar-refractivity contribution >= 4 is 56.8 Å². The highest BCUT2D eigenvalue weighted by atomic mass is 32.2. The van der Waals surface area contributed by atoms with Gasteiger partial charge in [-0.05, 0) is 36.2 Å². The number of amides is 2. The minimum atomic E-state index is -0.863. The van der Waals surface area contributed by atoms with Crippen LogP contribution in [0.2, 0.25) is 0 Å². The number of anilines is 1. The Bertz CT molecular complexity index is 1220. The fraction of sp³-hybridized carbons (Fsp3) is 0.333. The monoisotopic (exact) mass is 499 g/mol. The molecule has 3 aromatic rings. The van der Waals surface area contributed by atoms with Gasteiger partial charge in [-0.1, -0.05) is 37.7 Å². The summed E-state index contributed by atoms with van der Waals surface area (Å²) < 4.78 is 6.82. The fourth-order valence-corrected chi connectivity index (χ4v) is 5.87. The summed E-state index contributed by atoms with van der Waals surface area (Å²) in [7, 11) is 0. The topological polar surface area (TPSA) is 109 Å². The Labute approximate surface area is 205 Å². The van der Waals surface area contributed by atoms with Crippen LogP contribution in [-0.4, -0.2) is 64.3 Å². The van der Waals surface area contributed by atoms with E-state index >= 15 is 0 Å². The van der Waals surface area contributed by atoms with Crippen molar-refractivity contribution in [1.29, 1.82) is 0 Å². The van der Waals surface area contributed by atoms with Gasteiger partial charge in [0.1, 0.15) is 5.25 Å². The molecule has 8 nitrogen and oxygen atoms in total. The standard InChI is InChI=1S/C24H25N3O5S2/c1-14(2)20(23(30)31)34-24-26-18-8-7-15(13-19(18)33-24)25-21(28)16-5-3-4-6-17(16)22(29)27-9-11-32-12-10-27/h3-8,13-14,20H,9-12H2,1-2H3,(H,25,28)(H,30,31). The summed E-state index contributed by atoms with van der Waals surface area (Å²) in [4.78, 5) is 43.8. The predicted molar refractivity (Wildman–Crippen MR) is 133 cm³/mol. The van der Waals surface area contributed by atoms with E-state index in [1.54, 1.807) is 41.3 Å². The lowest BCUT2D eigenvalue weighted by Gasteiger charge is -2.27. The molecule has 0 spiro atoms. The van der Waals surface area contributed by atoms with Gasteiger partial charge in [0, 0.05) is 18.8 Å². The van der Waals surface area contributed by atoms with Crippen LogP contribution in [0.4, 0.5) is 5.69 Å². The first-order chi connectivity index (χ1) is 16.3. The number of ether oxygens (including phenoxy) is 1. The number of hydrogen-bond donors (Lipinski definition) is 2. The predicted octanol–water partition coefficient (Wildman–Crippen LogP) is 4.22. The third kappa shape index (κ3) is 5.40. The van der Waals surface area contributed by atoms with E-state index < -0.39 is 11.2 Å². The number of thiazole rings is 1. The van der Waals surface area contributed by atoms with Crippen LogP contribution in [-0.2, 0) is 9.53 Å². The zero-order valence-corrected chi connectivity index (χ0v) is 20.4. The van der Waals surface area contributed by atoms with Crippen molar-refractivity contribution in [3.63, 3.8) is 0 Å². The smallest absolute Gasteiger partial charge is 0.317 e. The van der Waals surface area contributed by atoms with E-state index in [0.29, 0.717) is 47.5 Å². The quantitative estimate of drug-likeness (QED) is 0.469. The molecule has 1 aliphatic rings. The molecule has 1 aromatic heterocycles. The summed E-state index contributed by atoms with van der Waals surface area (Å²) >= 11 is 2.62. The maximum Gasteiger partial charge on any atom is 0.317 e. The first-order valence-corrected chi connectivity index (χ1v) is 12.6. The molecule has 1 saturated heterocycles. The molecule has 178 valence electrons. The van der Waals surface area contributed by atoms with Gasteiger partial charge in [-0.2, -0.15) is 0 Å². The molecule has 4 rings (SSSR count). The number of morpholine rings is 1. The van der Waals surface area contributed by atoms with Gasteiger partial charge >= 0.3 is 5.97 Å². The number of nitrogens with one attached hydrogen (secondary N) is 1. The van der Waals surface area contributed by atoms with Crippen LogP contribution in [0, 0.1) is 5.92 Å². The van der Waals surface area contributed by atoms with E-state index in [2.05, 4.69) is 10.3 Å². The lowest BCUT2D eigenvalue weighted by Crippen LogP contribution is -2.41. The van der Waals surface area contributed by atoms with Crippen molar-refractivity contribution in [1.82, 2.24) is 9.88 Å². The Morgan fingerprint density at radius 3 is 2.50 bits per heavy atom. The number of benzene rings is 2. The van der Waals surface area contributed by atoms with E-state index in [9.17, 15) is 19.5 Å². The lowest BCUT2D eigenvalue weighted by atomic mass is 10.0. The molecular weight excluding hydrogens is 474 g/mol. The van der Waals surface area contributed by atoms with Crippen molar-refractivity contribution in [2.24, 2.45) is 5.92 Å². The largest absolute Gasteiger partial charge is 0.480 e. The molecule has 1 unspecified atom stereocenters. The van der Waals surface area contributed by atoms with E-state index in [4.69, 9.17) is 4.74 Å². The van der Waals surface area contributed by atoms with Gasteiger partial charge in [-0.15, -0.1) is 11.3 Å². The van der Waals surface area contributed by atoms with Crippen molar-refractivity contribution in [3.8, 4) is 0 Å². The molecule has 0 saturated carbocycles. The maximum absolute atomic E-state index is 13.1. The molecule has 0 bridgehead atoms. The van der Waals surface area contributed by atoms with Crippen LogP contribution in [0.1, 0.15) is 34.6 Å². The summed E-state index contributed by atoms with van der Waals surface area (Å²) in [6.45, 7) is 5.70. The molecule has 0 aliphatic carbocycles. The van der Waals surface area contributed by atoms with Gasteiger partial charge in [-0.3, -0.25) is 14.4 Å². The Morgan fingerprint density at radius 1 is 1.12 bits per heavy atom. The van der Waals surface area contributed by atoms with Crippen LogP contribution < -0.4 is 5.32 Å². The third-order valence-electron chi connectivity index (χ3n) is 5.40. The molecule has 2 aromatic carbocycles. The Balaban J connectivity index is 1.52. The molecular formula is C24H25N3O5S2. The highest BCUT2D eigenvalue weighted by Gasteiger charge is 2.25. The highest BCUT2D eigenvalue weighted by molar-refractivity contribution is 8.02. The Kier molecular flexibility index (Phi) is 7.50. The van der Waals surface area contributed by atoms with Gasteiger partial charge in [0.25, 0.3) is 11.8 Å². The number of nitrogens with zero attached hydrogens (tertiary/aromatic N) is 2. The molecule has 1 fully saturated rings. The number of carbonyl (C=O) groups is 3. The molecule has 1 atom stereocenters.